The number of nitrogens with zero attached hydrogens (tertiary/aromatic N) is 2. The molecule has 4 bridgehead atoms. The Morgan fingerprint density at radius 2 is 1.64 bits per heavy atom. The first-order valence-corrected chi connectivity index (χ1v) is 14.3. The zero-order chi connectivity index (χ0) is 22.0. The van der Waals surface area contributed by atoms with E-state index in [4.69, 9.17) is 0 Å². The number of anilines is 1. The Labute approximate surface area is 203 Å². The summed E-state index contributed by atoms with van der Waals surface area (Å²) < 4.78 is 2.59. The first-order valence-electron chi connectivity index (χ1n) is 13.6. The fourth-order valence-corrected chi connectivity index (χ4v) is 10.1. The standard InChI is InChI=1S/C29H39N3S/c1-30-27(29-15-21-12-22(16-29)14-23(13-21)17-29)19-31-10-8-20(9-11-31)18-32-25-6-2-4-24-5-3-7-26(33-32)28(24)25/h2-7,20-23,27,30H,8-19H2,1H3/t21?,22?,23?,27-,29?/m0/s1. The molecule has 33 heavy (non-hydrogen) atoms. The summed E-state index contributed by atoms with van der Waals surface area (Å²) in [4.78, 5) is 4.25. The van der Waals surface area contributed by atoms with Crippen LogP contribution in [0.25, 0.3) is 10.8 Å². The van der Waals surface area contributed by atoms with Crippen LogP contribution in [-0.4, -0.2) is 44.2 Å². The Hall–Kier alpha value is -1.23. The molecule has 2 aliphatic heterocycles. The fraction of sp³-hybridized carbons (Fsp3) is 0.655. The van der Waals surface area contributed by atoms with Crippen LogP contribution in [0, 0.1) is 29.1 Å². The van der Waals surface area contributed by atoms with Crippen molar-refractivity contribution in [3.63, 3.8) is 0 Å². The third-order valence-corrected chi connectivity index (χ3v) is 11.2. The molecule has 6 aliphatic rings. The van der Waals surface area contributed by atoms with Gasteiger partial charge in [0.2, 0.25) is 0 Å². The molecule has 0 aromatic heterocycles. The van der Waals surface area contributed by atoms with Crippen molar-refractivity contribution in [2.45, 2.75) is 62.3 Å². The first-order chi connectivity index (χ1) is 16.2. The zero-order valence-corrected chi connectivity index (χ0v) is 21.0. The van der Waals surface area contributed by atoms with E-state index < -0.39 is 0 Å². The van der Waals surface area contributed by atoms with Crippen LogP contribution in [0.2, 0.25) is 0 Å². The van der Waals surface area contributed by atoms with Gasteiger partial charge in [-0.05, 0) is 130 Å². The SMILES string of the molecule is CN[C@@H](CN1CCC(CN2Sc3cccc4cccc2c34)CC1)C12CC3CC(CC(C3)C1)C2. The summed E-state index contributed by atoms with van der Waals surface area (Å²) in [5.74, 6) is 3.95. The van der Waals surface area contributed by atoms with Crippen LogP contribution in [-0.2, 0) is 0 Å². The smallest absolute Gasteiger partial charge is 0.0563 e. The lowest BCUT2D eigenvalue weighted by Gasteiger charge is -2.60. The zero-order valence-electron chi connectivity index (χ0n) is 20.1. The molecule has 1 saturated heterocycles. The quantitative estimate of drug-likeness (QED) is 0.517. The number of likely N-dealkylation sites (N-methyl/N-ethyl adjacent to an activating group) is 1. The number of piperidine rings is 1. The highest BCUT2D eigenvalue weighted by Gasteiger charge is 2.54. The molecule has 3 nitrogen and oxygen atoms in total. The molecule has 0 unspecified atom stereocenters. The molecule has 2 aromatic carbocycles. The molecule has 2 aromatic rings. The fourth-order valence-electron chi connectivity index (χ4n) is 8.91. The van der Waals surface area contributed by atoms with E-state index in [-0.39, 0.29) is 0 Å². The van der Waals surface area contributed by atoms with E-state index in [1.807, 2.05) is 11.9 Å². The highest BCUT2D eigenvalue weighted by molar-refractivity contribution is 8.01. The summed E-state index contributed by atoms with van der Waals surface area (Å²) >= 11 is 1.97. The molecule has 1 atom stereocenters. The summed E-state index contributed by atoms with van der Waals surface area (Å²) in [6, 6.07) is 14.3. The Morgan fingerprint density at radius 3 is 2.30 bits per heavy atom. The van der Waals surface area contributed by atoms with Gasteiger partial charge in [-0.25, -0.2) is 0 Å². The van der Waals surface area contributed by atoms with Crippen molar-refractivity contribution >= 4 is 28.4 Å². The van der Waals surface area contributed by atoms with Gasteiger partial charge in [0.1, 0.15) is 0 Å². The minimum Gasteiger partial charge on any atom is -0.315 e. The summed E-state index contributed by atoms with van der Waals surface area (Å²) in [7, 11) is 2.25. The molecule has 4 saturated carbocycles. The molecule has 0 amide bonds. The van der Waals surface area contributed by atoms with E-state index in [1.165, 1.54) is 79.6 Å². The monoisotopic (exact) mass is 461 g/mol. The summed E-state index contributed by atoms with van der Waals surface area (Å²) in [5, 5.41) is 6.70. The molecular weight excluding hydrogens is 422 g/mol. The van der Waals surface area contributed by atoms with Crippen molar-refractivity contribution < 1.29 is 0 Å². The normalized spacial score (nSPS) is 34.5. The Kier molecular flexibility index (Phi) is 5.22. The minimum absolute atomic E-state index is 0.608. The molecule has 176 valence electrons. The van der Waals surface area contributed by atoms with Crippen LogP contribution in [0.3, 0.4) is 0 Å². The molecule has 4 aliphatic carbocycles. The van der Waals surface area contributed by atoms with E-state index >= 15 is 0 Å². The Bertz CT molecular complexity index is 986. The van der Waals surface area contributed by atoms with Crippen LogP contribution in [0.15, 0.2) is 41.3 Å². The highest BCUT2D eigenvalue weighted by atomic mass is 32.2. The van der Waals surface area contributed by atoms with Crippen LogP contribution in [0.5, 0.6) is 0 Å². The van der Waals surface area contributed by atoms with Crippen molar-refractivity contribution in [3.05, 3.63) is 36.4 Å². The Balaban J connectivity index is 0.978. The van der Waals surface area contributed by atoms with Gasteiger partial charge >= 0.3 is 0 Å². The van der Waals surface area contributed by atoms with Crippen molar-refractivity contribution in [1.82, 2.24) is 10.2 Å². The molecule has 4 heteroatoms. The van der Waals surface area contributed by atoms with Crippen molar-refractivity contribution in [1.29, 1.82) is 0 Å². The average Bonchev–Trinajstić information content (AvgIpc) is 3.17. The lowest BCUT2D eigenvalue weighted by Crippen LogP contribution is -2.59. The van der Waals surface area contributed by atoms with E-state index in [0.29, 0.717) is 11.5 Å². The third kappa shape index (κ3) is 3.63. The maximum Gasteiger partial charge on any atom is 0.0563 e. The number of hydrogen-bond donors (Lipinski definition) is 1. The van der Waals surface area contributed by atoms with Gasteiger partial charge in [-0.15, -0.1) is 0 Å². The minimum atomic E-state index is 0.608. The lowest BCUT2D eigenvalue weighted by molar-refractivity contribution is -0.0785. The van der Waals surface area contributed by atoms with Gasteiger partial charge in [-0.1, -0.05) is 24.3 Å². The Morgan fingerprint density at radius 1 is 0.970 bits per heavy atom. The second kappa shape index (κ2) is 8.17. The number of benzene rings is 2. The molecule has 8 rings (SSSR count). The topological polar surface area (TPSA) is 18.5 Å². The molecule has 0 radical (unpaired) electrons. The van der Waals surface area contributed by atoms with Crippen molar-refractivity contribution in [3.8, 4) is 0 Å². The van der Waals surface area contributed by atoms with E-state index in [2.05, 4.69) is 58.0 Å². The van der Waals surface area contributed by atoms with Crippen LogP contribution >= 0.6 is 11.9 Å². The highest BCUT2D eigenvalue weighted by Crippen LogP contribution is 2.61. The van der Waals surface area contributed by atoms with Crippen LogP contribution < -0.4 is 9.62 Å². The number of likely N-dealkylation sites (tertiary alicyclic amines) is 1. The van der Waals surface area contributed by atoms with E-state index in [1.54, 1.807) is 19.3 Å². The maximum atomic E-state index is 3.84. The average molecular weight is 462 g/mol. The van der Waals surface area contributed by atoms with E-state index in [9.17, 15) is 0 Å². The van der Waals surface area contributed by atoms with Gasteiger partial charge in [0.15, 0.2) is 0 Å². The number of rotatable bonds is 6. The van der Waals surface area contributed by atoms with Crippen molar-refractivity contribution in [2.24, 2.45) is 29.1 Å². The van der Waals surface area contributed by atoms with Gasteiger partial charge in [-0.2, -0.15) is 0 Å². The molecule has 2 heterocycles. The molecular formula is C29H39N3S. The van der Waals surface area contributed by atoms with Gasteiger partial charge in [0.25, 0.3) is 0 Å². The van der Waals surface area contributed by atoms with Crippen molar-refractivity contribution in [2.75, 3.05) is 37.5 Å². The summed E-state index contributed by atoms with van der Waals surface area (Å²) in [6.45, 7) is 5.03. The predicted molar refractivity (Wildman–Crippen MR) is 140 cm³/mol. The predicted octanol–water partition coefficient (Wildman–Crippen LogP) is 6.18. The summed E-state index contributed by atoms with van der Waals surface area (Å²) in [6.07, 6.45) is 11.9. The number of nitrogens with one attached hydrogen (secondary N) is 1. The summed E-state index contributed by atoms with van der Waals surface area (Å²) in [5.41, 5.74) is 2.05. The largest absolute Gasteiger partial charge is 0.315 e. The van der Waals surface area contributed by atoms with Gasteiger partial charge in [0, 0.05) is 29.4 Å². The second-order valence-electron chi connectivity index (χ2n) is 12.1. The van der Waals surface area contributed by atoms with Gasteiger partial charge < -0.3 is 14.5 Å². The van der Waals surface area contributed by atoms with Crippen LogP contribution in [0.4, 0.5) is 5.69 Å². The molecule has 5 fully saturated rings. The van der Waals surface area contributed by atoms with Crippen LogP contribution in [0.1, 0.15) is 51.4 Å². The second-order valence-corrected chi connectivity index (χ2v) is 13.2. The third-order valence-electron chi connectivity index (χ3n) is 10.1. The maximum absolute atomic E-state index is 3.84. The first kappa shape index (κ1) is 21.1. The molecule has 1 N–H and O–H groups in total. The van der Waals surface area contributed by atoms with Gasteiger partial charge in [0.05, 0.1) is 5.69 Å². The van der Waals surface area contributed by atoms with E-state index in [0.717, 1.165) is 23.7 Å². The lowest BCUT2D eigenvalue weighted by atomic mass is 9.47. The molecule has 0 spiro atoms. The number of hydrogen-bond acceptors (Lipinski definition) is 4. The van der Waals surface area contributed by atoms with Gasteiger partial charge in [-0.3, -0.25) is 0 Å².